The molecule has 0 aromatic heterocycles. The second kappa shape index (κ2) is 6.06. The number of halogens is 1. The maximum Gasteiger partial charge on any atom is 0.193 e. The van der Waals surface area contributed by atoms with Crippen LogP contribution in [-0.4, -0.2) is 32.0 Å². The molecule has 0 atom stereocenters. The molecule has 2 aromatic rings. The molecule has 108 valence electrons. The highest BCUT2D eigenvalue weighted by Crippen LogP contribution is 2.22. The Labute approximate surface area is 123 Å². The molecule has 4 heteroatoms. The Kier molecular flexibility index (Phi) is 3.97. The number of hydrogen-bond donors (Lipinski definition) is 1. The minimum absolute atomic E-state index is 0.152. The minimum Gasteiger partial charge on any atom is -0.367 e. The molecule has 21 heavy (non-hydrogen) atoms. The van der Waals surface area contributed by atoms with Crippen molar-refractivity contribution < 1.29 is 9.18 Å². The van der Waals surface area contributed by atoms with Crippen molar-refractivity contribution in [2.24, 2.45) is 0 Å². The van der Waals surface area contributed by atoms with Gasteiger partial charge in [0.05, 0.1) is 5.69 Å². The van der Waals surface area contributed by atoms with Crippen LogP contribution < -0.4 is 10.2 Å². The van der Waals surface area contributed by atoms with Gasteiger partial charge in [-0.3, -0.25) is 4.79 Å². The SMILES string of the molecule is O=C(c1ccccc1)c1ccc(N2CCNCC2)c(F)c1. The van der Waals surface area contributed by atoms with Gasteiger partial charge in [-0.1, -0.05) is 30.3 Å². The van der Waals surface area contributed by atoms with E-state index in [1.165, 1.54) is 6.07 Å². The normalized spacial score (nSPS) is 15.0. The summed E-state index contributed by atoms with van der Waals surface area (Å²) in [6.07, 6.45) is 0. The number of ketones is 1. The molecule has 0 saturated carbocycles. The van der Waals surface area contributed by atoms with Crippen LogP contribution in [0.2, 0.25) is 0 Å². The molecule has 1 N–H and O–H groups in total. The van der Waals surface area contributed by atoms with Gasteiger partial charge in [-0.25, -0.2) is 4.39 Å². The first-order valence-electron chi connectivity index (χ1n) is 7.10. The number of carbonyl (C=O) groups excluding carboxylic acids is 1. The number of piperazine rings is 1. The molecular formula is C17H17FN2O. The summed E-state index contributed by atoms with van der Waals surface area (Å²) < 4.78 is 14.3. The third kappa shape index (κ3) is 2.95. The van der Waals surface area contributed by atoms with Crippen molar-refractivity contribution in [3.63, 3.8) is 0 Å². The lowest BCUT2D eigenvalue weighted by Gasteiger charge is -2.29. The molecule has 1 aliphatic rings. The highest BCUT2D eigenvalue weighted by Gasteiger charge is 2.17. The summed E-state index contributed by atoms with van der Waals surface area (Å²) in [5, 5.41) is 3.24. The lowest BCUT2D eigenvalue weighted by atomic mass is 10.0. The number of carbonyl (C=O) groups is 1. The molecule has 0 unspecified atom stereocenters. The third-order valence-corrected chi connectivity index (χ3v) is 3.70. The van der Waals surface area contributed by atoms with Gasteiger partial charge >= 0.3 is 0 Å². The fraction of sp³-hybridized carbons (Fsp3) is 0.235. The summed E-state index contributed by atoms with van der Waals surface area (Å²) in [5.74, 6) is -0.486. The van der Waals surface area contributed by atoms with Crippen LogP contribution in [0.1, 0.15) is 15.9 Å². The molecule has 3 nitrogen and oxygen atoms in total. The van der Waals surface area contributed by atoms with Crippen molar-refractivity contribution in [3.8, 4) is 0 Å². The number of rotatable bonds is 3. The first-order chi connectivity index (χ1) is 10.3. The summed E-state index contributed by atoms with van der Waals surface area (Å²) in [6, 6.07) is 13.7. The largest absolute Gasteiger partial charge is 0.367 e. The Bertz CT molecular complexity index is 636. The Morgan fingerprint density at radius 2 is 1.71 bits per heavy atom. The molecule has 0 amide bonds. The summed E-state index contributed by atoms with van der Waals surface area (Å²) in [6.45, 7) is 3.26. The molecule has 1 aliphatic heterocycles. The number of anilines is 1. The molecule has 2 aromatic carbocycles. The Morgan fingerprint density at radius 3 is 2.38 bits per heavy atom. The number of benzene rings is 2. The van der Waals surface area contributed by atoms with E-state index < -0.39 is 0 Å². The Morgan fingerprint density at radius 1 is 1.00 bits per heavy atom. The standard InChI is InChI=1S/C17H17FN2O/c18-15-12-14(17(21)13-4-2-1-3-5-13)6-7-16(15)20-10-8-19-9-11-20/h1-7,12,19H,8-11H2. The zero-order chi connectivity index (χ0) is 14.7. The first-order valence-corrected chi connectivity index (χ1v) is 7.10. The summed E-state index contributed by atoms with van der Waals surface area (Å²) >= 11 is 0. The van der Waals surface area contributed by atoms with Crippen LogP contribution >= 0.6 is 0 Å². The van der Waals surface area contributed by atoms with E-state index in [0.29, 0.717) is 16.8 Å². The predicted octanol–water partition coefficient (Wildman–Crippen LogP) is 2.47. The number of nitrogens with zero attached hydrogens (tertiary/aromatic N) is 1. The molecule has 3 rings (SSSR count). The number of nitrogens with one attached hydrogen (secondary N) is 1. The van der Waals surface area contributed by atoms with Crippen molar-refractivity contribution >= 4 is 11.5 Å². The highest BCUT2D eigenvalue weighted by molar-refractivity contribution is 6.09. The van der Waals surface area contributed by atoms with Crippen LogP contribution in [0.25, 0.3) is 0 Å². The van der Waals surface area contributed by atoms with Gasteiger partial charge < -0.3 is 10.2 Å². The highest BCUT2D eigenvalue weighted by atomic mass is 19.1. The zero-order valence-corrected chi connectivity index (χ0v) is 11.7. The van der Waals surface area contributed by atoms with Gasteiger partial charge in [-0.2, -0.15) is 0 Å². The Hall–Kier alpha value is -2.20. The maximum absolute atomic E-state index is 14.3. The monoisotopic (exact) mass is 284 g/mol. The van der Waals surface area contributed by atoms with Crippen molar-refractivity contribution in [1.82, 2.24) is 5.32 Å². The summed E-state index contributed by atoms with van der Waals surface area (Å²) in [7, 11) is 0. The molecule has 0 aliphatic carbocycles. The molecule has 0 radical (unpaired) electrons. The van der Waals surface area contributed by atoms with Crippen LogP contribution in [0, 0.1) is 5.82 Å². The van der Waals surface area contributed by atoms with Crippen molar-refractivity contribution in [3.05, 3.63) is 65.5 Å². The second-order valence-electron chi connectivity index (χ2n) is 5.10. The first kappa shape index (κ1) is 13.8. The zero-order valence-electron chi connectivity index (χ0n) is 11.7. The smallest absolute Gasteiger partial charge is 0.193 e. The van der Waals surface area contributed by atoms with Crippen molar-refractivity contribution in [2.75, 3.05) is 31.1 Å². The average Bonchev–Trinajstić information content (AvgIpc) is 2.55. The molecule has 1 saturated heterocycles. The van der Waals surface area contributed by atoms with E-state index in [9.17, 15) is 9.18 Å². The third-order valence-electron chi connectivity index (χ3n) is 3.70. The van der Waals surface area contributed by atoms with E-state index in [1.54, 1.807) is 36.4 Å². The molecule has 1 fully saturated rings. The van der Waals surface area contributed by atoms with Gasteiger partial charge in [0.2, 0.25) is 0 Å². The van der Waals surface area contributed by atoms with Crippen LogP contribution in [0.4, 0.5) is 10.1 Å². The van der Waals surface area contributed by atoms with Gasteiger partial charge in [0.25, 0.3) is 0 Å². The lowest BCUT2D eigenvalue weighted by Crippen LogP contribution is -2.43. The van der Waals surface area contributed by atoms with E-state index in [2.05, 4.69) is 5.32 Å². The van der Waals surface area contributed by atoms with Crippen LogP contribution in [0.3, 0.4) is 0 Å². The van der Waals surface area contributed by atoms with E-state index in [1.807, 2.05) is 11.0 Å². The quantitative estimate of drug-likeness (QED) is 0.879. The maximum atomic E-state index is 14.3. The van der Waals surface area contributed by atoms with E-state index >= 15 is 0 Å². The molecule has 0 spiro atoms. The van der Waals surface area contributed by atoms with E-state index in [4.69, 9.17) is 0 Å². The summed E-state index contributed by atoms with van der Waals surface area (Å²) in [4.78, 5) is 14.3. The Balaban J connectivity index is 1.85. The second-order valence-corrected chi connectivity index (χ2v) is 5.10. The van der Waals surface area contributed by atoms with E-state index in [-0.39, 0.29) is 11.6 Å². The van der Waals surface area contributed by atoms with Gasteiger partial charge in [0.1, 0.15) is 5.82 Å². The molecule has 0 bridgehead atoms. The van der Waals surface area contributed by atoms with Gasteiger partial charge in [-0.15, -0.1) is 0 Å². The minimum atomic E-state index is -0.335. The van der Waals surface area contributed by atoms with Crippen LogP contribution in [-0.2, 0) is 0 Å². The van der Waals surface area contributed by atoms with E-state index in [0.717, 1.165) is 26.2 Å². The average molecular weight is 284 g/mol. The van der Waals surface area contributed by atoms with Crippen molar-refractivity contribution in [2.45, 2.75) is 0 Å². The van der Waals surface area contributed by atoms with Gasteiger partial charge in [-0.05, 0) is 18.2 Å². The topological polar surface area (TPSA) is 32.3 Å². The summed E-state index contributed by atoms with van der Waals surface area (Å²) in [5.41, 5.74) is 1.53. The van der Waals surface area contributed by atoms with Crippen molar-refractivity contribution in [1.29, 1.82) is 0 Å². The van der Waals surface area contributed by atoms with Gasteiger partial charge in [0, 0.05) is 37.3 Å². The predicted molar refractivity (Wildman–Crippen MR) is 81.4 cm³/mol. The van der Waals surface area contributed by atoms with Gasteiger partial charge in [0.15, 0.2) is 5.78 Å². The van der Waals surface area contributed by atoms with Crippen LogP contribution in [0.15, 0.2) is 48.5 Å². The number of hydrogen-bond acceptors (Lipinski definition) is 3. The lowest BCUT2D eigenvalue weighted by molar-refractivity contribution is 0.103. The van der Waals surface area contributed by atoms with Crippen LogP contribution in [0.5, 0.6) is 0 Å². The molecular weight excluding hydrogens is 267 g/mol. The fourth-order valence-corrected chi connectivity index (χ4v) is 2.57. The fourth-order valence-electron chi connectivity index (χ4n) is 2.57. The molecule has 1 heterocycles.